The van der Waals surface area contributed by atoms with Gasteiger partial charge in [0.1, 0.15) is 18.2 Å². The first-order chi connectivity index (χ1) is 14.9. The molecule has 31 heavy (non-hydrogen) atoms. The minimum atomic E-state index is -0.481. The van der Waals surface area contributed by atoms with E-state index in [4.69, 9.17) is 9.47 Å². The van der Waals surface area contributed by atoms with Gasteiger partial charge in [-0.05, 0) is 134 Å². The summed E-state index contributed by atoms with van der Waals surface area (Å²) in [5.41, 5.74) is 2.56. The van der Waals surface area contributed by atoms with Crippen molar-refractivity contribution in [1.82, 2.24) is 0 Å². The number of benzene rings is 3. The monoisotopic (exact) mass is 751 g/mol. The van der Waals surface area contributed by atoms with Gasteiger partial charge in [0.15, 0.2) is 5.70 Å². The second kappa shape index (κ2) is 9.94. The van der Waals surface area contributed by atoms with Crippen LogP contribution in [0.4, 0.5) is 4.39 Å². The van der Waals surface area contributed by atoms with E-state index in [2.05, 4.69) is 72.8 Å². The lowest BCUT2D eigenvalue weighted by atomic mass is 10.2. The number of carbonyl (C=O) groups excluding carboxylic acids is 1. The van der Waals surface area contributed by atoms with E-state index in [0.717, 1.165) is 27.4 Å². The van der Waals surface area contributed by atoms with Crippen LogP contribution in [-0.4, -0.2) is 11.9 Å². The topological polar surface area (TPSA) is 47.9 Å². The maximum Gasteiger partial charge on any atom is 0.363 e. The molecular formula is C23H13FI3NO3. The molecule has 0 radical (unpaired) electrons. The van der Waals surface area contributed by atoms with Crippen LogP contribution in [0.15, 0.2) is 71.4 Å². The van der Waals surface area contributed by atoms with E-state index in [1.165, 1.54) is 12.1 Å². The lowest BCUT2D eigenvalue weighted by Gasteiger charge is -2.11. The summed E-state index contributed by atoms with van der Waals surface area (Å²) in [4.78, 5) is 16.6. The first-order valence-electron chi connectivity index (χ1n) is 9.04. The number of carbonyl (C=O) groups is 1. The zero-order chi connectivity index (χ0) is 22.0. The molecule has 0 amide bonds. The van der Waals surface area contributed by atoms with Gasteiger partial charge in [-0.1, -0.05) is 12.1 Å². The number of halogens is 4. The largest absolute Gasteiger partial charge is 0.487 e. The second-order valence-electron chi connectivity index (χ2n) is 6.58. The van der Waals surface area contributed by atoms with Crippen molar-refractivity contribution in [2.24, 2.45) is 4.99 Å². The zero-order valence-corrected chi connectivity index (χ0v) is 22.2. The molecule has 0 atom stereocenters. The maximum absolute atomic E-state index is 13.4. The Hall–Kier alpha value is -1.54. The van der Waals surface area contributed by atoms with Crippen molar-refractivity contribution in [3.05, 3.63) is 99.6 Å². The third-order valence-corrected chi connectivity index (χ3v) is 6.63. The number of esters is 1. The van der Waals surface area contributed by atoms with Crippen LogP contribution in [0.5, 0.6) is 5.75 Å². The van der Waals surface area contributed by atoms with Gasteiger partial charge >= 0.3 is 5.97 Å². The number of cyclic esters (lactones) is 1. The van der Waals surface area contributed by atoms with Gasteiger partial charge < -0.3 is 9.47 Å². The number of hydrogen-bond donors (Lipinski definition) is 0. The van der Waals surface area contributed by atoms with E-state index >= 15 is 0 Å². The van der Waals surface area contributed by atoms with Crippen LogP contribution in [0.2, 0.25) is 0 Å². The third kappa shape index (κ3) is 5.64. The van der Waals surface area contributed by atoms with Crippen LogP contribution in [0.25, 0.3) is 6.08 Å². The maximum atomic E-state index is 13.4. The van der Waals surface area contributed by atoms with Crippen molar-refractivity contribution in [3.8, 4) is 5.75 Å². The first kappa shape index (κ1) is 22.6. The Morgan fingerprint density at radius 2 is 1.71 bits per heavy atom. The number of rotatable bonds is 5. The smallest absolute Gasteiger partial charge is 0.363 e. The summed E-state index contributed by atoms with van der Waals surface area (Å²) in [6.07, 6.45) is 1.70. The van der Waals surface area contributed by atoms with Crippen molar-refractivity contribution in [2.75, 3.05) is 0 Å². The lowest BCUT2D eigenvalue weighted by Crippen LogP contribution is -2.05. The fourth-order valence-electron chi connectivity index (χ4n) is 2.87. The second-order valence-corrected chi connectivity index (χ2v) is 10.1. The highest BCUT2D eigenvalue weighted by Crippen LogP contribution is 2.31. The molecule has 3 aromatic carbocycles. The summed E-state index contributed by atoms with van der Waals surface area (Å²) in [5, 5.41) is 0. The molecule has 0 bridgehead atoms. The lowest BCUT2D eigenvalue weighted by molar-refractivity contribution is -0.129. The molecule has 0 aliphatic carbocycles. The van der Waals surface area contributed by atoms with E-state index in [1.54, 1.807) is 12.1 Å². The van der Waals surface area contributed by atoms with Crippen LogP contribution in [0, 0.1) is 16.5 Å². The van der Waals surface area contributed by atoms with Crippen LogP contribution in [-0.2, 0) is 16.1 Å². The normalized spacial score (nSPS) is 14.5. The number of ether oxygens (including phenoxy) is 2. The number of aliphatic imine (C=N–C) groups is 1. The van der Waals surface area contributed by atoms with Crippen LogP contribution < -0.4 is 4.74 Å². The van der Waals surface area contributed by atoms with Gasteiger partial charge in [0.25, 0.3) is 0 Å². The van der Waals surface area contributed by atoms with Gasteiger partial charge in [-0.25, -0.2) is 14.2 Å². The molecule has 0 spiro atoms. The highest BCUT2D eigenvalue weighted by molar-refractivity contribution is 14.1. The average molecular weight is 751 g/mol. The molecule has 1 aliphatic rings. The van der Waals surface area contributed by atoms with Crippen LogP contribution in [0.1, 0.15) is 16.7 Å². The molecule has 0 unspecified atom stereocenters. The van der Waals surface area contributed by atoms with Gasteiger partial charge in [-0.15, -0.1) is 0 Å². The molecule has 1 aliphatic heterocycles. The Morgan fingerprint density at radius 3 is 2.39 bits per heavy atom. The molecule has 156 valence electrons. The van der Waals surface area contributed by atoms with Crippen molar-refractivity contribution in [2.45, 2.75) is 6.61 Å². The fourth-order valence-corrected chi connectivity index (χ4v) is 5.35. The predicted molar refractivity (Wildman–Crippen MR) is 142 cm³/mol. The fraction of sp³-hybridized carbons (Fsp3) is 0.0435. The SMILES string of the molecule is O=C1OC(c2ccc(I)cc2)=N/C1=C\c1cc(I)c(OCc2cccc(F)c2)c(I)c1. The van der Waals surface area contributed by atoms with E-state index in [1.807, 2.05) is 42.5 Å². The van der Waals surface area contributed by atoms with E-state index in [-0.39, 0.29) is 18.1 Å². The van der Waals surface area contributed by atoms with Crippen molar-refractivity contribution >= 4 is 85.7 Å². The van der Waals surface area contributed by atoms with Gasteiger partial charge in [0, 0.05) is 9.13 Å². The van der Waals surface area contributed by atoms with E-state index < -0.39 is 5.97 Å². The predicted octanol–water partition coefficient (Wildman–Crippen LogP) is 6.56. The molecule has 1 heterocycles. The average Bonchev–Trinajstić information content (AvgIpc) is 3.08. The molecular weight excluding hydrogens is 738 g/mol. The Kier molecular flexibility index (Phi) is 7.26. The zero-order valence-electron chi connectivity index (χ0n) is 15.7. The van der Waals surface area contributed by atoms with Crippen LogP contribution >= 0.6 is 67.8 Å². The molecule has 0 aromatic heterocycles. The molecule has 3 aromatic rings. The molecule has 8 heteroatoms. The summed E-state index contributed by atoms with van der Waals surface area (Å²) in [6, 6.07) is 17.7. The molecule has 0 saturated carbocycles. The van der Waals surface area contributed by atoms with Gasteiger partial charge in [0.05, 0.1) is 7.14 Å². The third-order valence-electron chi connectivity index (χ3n) is 4.31. The summed E-state index contributed by atoms with van der Waals surface area (Å²) in [6.45, 7) is 0.264. The Morgan fingerprint density at radius 1 is 1.00 bits per heavy atom. The molecule has 4 nitrogen and oxygen atoms in total. The molecule has 0 fully saturated rings. The summed E-state index contributed by atoms with van der Waals surface area (Å²) >= 11 is 6.58. The Labute approximate surface area is 219 Å². The summed E-state index contributed by atoms with van der Waals surface area (Å²) in [5.74, 6) is 0.239. The van der Waals surface area contributed by atoms with E-state index in [9.17, 15) is 9.18 Å². The molecule has 0 saturated heterocycles. The quantitative estimate of drug-likeness (QED) is 0.169. The van der Waals surface area contributed by atoms with Crippen molar-refractivity contribution < 1.29 is 18.7 Å². The van der Waals surface area contributed by atoms with Gasteiger partial charge in [-0.2, -0.15) is 0 Å². The summed E-state index contributed by atoms with van der Waals surface area (Å²) in [7, 11) is 0. The minimum Gasteiger partial charge on any atom is -0.487 e. The van der Waals surface area contributed by atoms with Gasteiger partial charge in [-0.3, -0.25) is 0 Å². The van der Waals surface area contributed by atoms with Crippen LogP contribution in [0.3, 0.4) is 0 Å². The minimum absolute atomic E-state index is 0.244. The standard InChI is InChI=1S/C23H13FI3NO3/c24-16-3-1-2-13(8-16)12-30-21-18(26)9-14(10-19(21)27)11-20-23(29)31-22(28-20)15-4-6-17(25)7-5-15/h1-11H,12H2/b20-11-. The Bertz CT molecular complexity index is 1200. The highest BCUT2D eigenvalue weighted by atomic mass is 127. The Balaban J connectivity index is 1.55. The molecule has 0 N–H and O–H groups in total. The number of nitrogens with zero attached hydrogens (tertiary/aromatic N) is 1. The van der Waals surface area contributed by atoms with E-state index in [0.29, 0.717) is 11.6 Å². The van der Waals surface area contributed by atoms with Crippen molar-refractivity contribution in [1.29, 1.82) is 0 Å². The summed E-state index contributed by atoms with van der Waals surface area (Å²) < 4.78 is 27.5. The first-order valence-corrected chi connectivity index (χ1v) is 12.3. The molecule has 4 rings (SSSR count). The number of hydrogen-bond acceptors (Lipinski definition) is 4. The van der Waals surface area contributed by atoms with Gasteiger partial charge in [0.2, 0.25) is 5.90 Å². The highest BCUT2D eigenvalue weighted by Gasteiger charge is 2.24. The van der Waals surface area contributed by atoms with Crippen molar-refractivity contribution in [3.63, 3.8) is 0 Å².